The summed E-state index contributed by atoms with van der Waals surface area (Å²) in [4.78, 5) is 0.111. The van der Waals surface area contributed by atoms with Gasteiger partial charge >= 0.3 is 0 Å². The number of benzene rings is 3. The molecule has 1 N–H and O–H groups in total. The summed E-state index contributed by atoms with van der Waals surface area (Å²) in [5.74, 6) is -0.330. The number of aromatic nitrogens is 2. The first-order valence-corrected chi connectivity index (χ1v) is 11.0. The van der Waals surface area contributed by atoms with E-state index in [1.807, 2.05) is 30.3 Å². The van der Waals surface area contributed by atoms with Crippen LogP contribution in [0.15, 0.2) is 90.0 Å². The lowest BCUT2D eigenvalue weighted by atomic mass is 10.1. The van der Waals surface area contributed by atoms with E-state index in [2.05, 4.69) is 9.82 Å². The predicted molar refractivity (Wildman–Crippen MR) is 117 cm³/mol. The van der Waals surface area contributed by atoms with Gasteiger partial charge in [-0.3, -0.25) is 9.40 Å². The molecule has 1 aromatic heterocycles. The van der Waals surface area contributed by atoms with Crippen molar-refractivity contribution in [1.29, 1.82) is 0 Å². The summed E-state index contributed by atoms with van der Waals surface area (Å²) in [6, 6.07) is 22.1. The van der Waals surface area contributed by atoms with E-state index in [0.717, 1.165) is 5.56 Å². The van der Waals surface area contributed by atoms with Gasteiger partial charge in [0.15, 0.2) is 17.4 Å². The third kappa shape index (κ3) is 4.59. The maximum Gasteiger partial charge on any atom is 0.263 e. The molecule has 8 heteroatoms. The van der Waals surface area contributed by atoms with E-state index in [0.29, 0.717) is 17.7 Å². The van der Waals surface area contributed by atoms with Crippen molar-refractivity contribution in [3.05, 3.63) is 96.4 Å². The molecule has 0 unspecified atom stereocenters. The number of hydrogen-bond acceptors (Lipinski definition) is 4. The quantitative estimate of drug-likeness (QED) is 0.461. The van der Waals surface area contributed by atoms with Gasteiger partial charge in [0.2, 0.25) is 0 Å². The van der Waals surface area contributed by atoms with E-state index < -0.39 is 15.8 Å². The molecule has 0 bridgehead atoms. The molecule has 0 aliphatic rings. The maximum atomic E-state index is 14.3. The molecule has 0 saturated carbocycles. The van der Waals surface area contributed by atoms with Crippen molar-refractivity contribution in [3.8, 4) is 16.9 Å². The molecular weight excluding hydrogens is 417 g/mol. The van der Waals surface area contributed by atoms with Crippen molar-refractivity contribution in [2.24, 2.45) is 0 Å². The van der Waals surface area contributed by atoms with Gasteiger partial charge < -0.3 is 4.74 Å². The second-order valence-corrected chi connectivity index (χ2v) is 8.52. The van der Waals surface area contributed by atoms with Crippen LogP contribution in [0.3, 0.4) is 0 Å². The van der Waals surface area contributed by atoms with Gasteiger partial charge in [0, 0.05) is 11.8 Å². The van der Waals surface area contributed by atoms with Crippen LogP contribution >= 0.6 is 0 Å². The van der Waals surface area contributed by atoms with Crippen LogP contribution in [0.2, 0.25) is 0 Å². The lowest BCUT2D eigenvalue weighted by molar-refractivity contribution is 0.386. The Morgan fingerprint density at radius 1 is 1.00 bits per heavy atom. The topological polar surface area (TPSA) is 73.2 Å². The van der Waals surface area contributed by atoms with E-state index in [4.69, 9.17) is 4.74 Å². The summed E-state index contributed by atoms with van der Waals surface area (Å²) in [5.41, 5.74) is 1.93. The minimum Gasteiger partial charge on any atom is -0.494 e. The fourth-order valence-corrected chi connectivity index (χ4v) is 4.22. The molecule has 31 heavy (non-hydrogen) atoms. The molecule has 158 valence electrons. The Hall–Kier alpha value is -3.65. The lowest BCUT2D eigenvalue weighted by Gasteiger charge is -2.08. The summed E-state index contributed by atoms with van der Waals surface area (Å²) in [7, 11) is -2.49. The van der Waals surface area contributed by atoms with Crippen molar-refractivity contribution >= 4 is 15.8 Å². The summed E-state index contributed by atoms with van der Waals surface area (Å²) < 4.78 is 49.2. The standard InChI is InChI=1S/C23H20FN3O3S/c1-30-22-13-12-18(14-21(22)24)20-16-27(15-17-8-4-2-5-9-17)25-23(20)26-31(28,29)19-10-6-3-7-11-19/h2-14,16H,15H2,1H3,(H,25,26). The Balaban J connectivity index is 1.76. The molecule has 4 rings (SSSR count). The summed E-state index contributed by atoms with van der Waals surface area (Å²) in [6.07, 6.45) is 1.69. The SMILES string of the molecule is COc1ccc(-c2cn(Cc3ccccc3)nc2NS(=O)(=O)c2ccccc2)cc1F. The molecule has 3 aromatic carbocycles. The first-order valence-electron chi connectivity index (χ1n) is 9.49. The largest absolute Gasteiger partial charge is 0.494 e. The molecule has 0 fully saturated rings. The predicted octanol–water partition coefficient (Wildman–Crippen LogP) is 4.55. The van der Waals surface area contributed by atoms with E-state index in [-0.39, 0.29) is 16.5 Å². The number of ether oxygens (including phenoxy) is 1. The number of nitrogens with one attached hydrogen (secondary N) is 1. The van der Waals surface area contributed by atoms with Crippen LogP contribution in [0.25, 0.3) is 11.1 Å². The molecule has 0 amide bonds. The summed E-state index contributed by atoms with van der Waals surface area (Å²) in [6.45, 7) is 0.430. The second-order valence-electron chi connectivity index (χ2n) is 6.84. The van der Waals surface area contributed by atoms with E-state index in [9.17, 15) is 12.8 Å². The Morgan fingerprint density at radius 2 is 1.68 bits per heavy atom. The molecule has 0 atom stereocenters. The van der Waals surface area contributed by atoms with Crippen LogP contribution in [-0.4, -0.2) is 25.3 Å². The maximum absolute atomic E-state index is 14.3. The van der Waals surface area contributed by atoms with Gasteiger partial charge in [0.25, 0.3) is 10.0 Å². The Labute approximate surface area is 180 Å². The molecule has 0 saturated heterocycles. The fraction of sp³-hybridized carbons (Fsp3) is 0.0870. The highest BCUT2D eigenvalue weighted by Gasteiger charge is 2.20. The Morgan fingerprint density at radius 3 is 2.32 bits per heavy atom. The summed E-state index contributed by atoms with van der Waals surface area (Å²) in [5, 5.41) is 4.44. The molecule has 1 heterocycles. The average molecular weight is 437 g/mol. The van der Waals surface area contributed by atoms with E-state index in [1.54, 1.807) is 35.1 Å². The average Bonchev–Trinajstić information content (AvgIpc) is 3.16. The number of rotatable bonds is 7. The molecule has 0 aliphatic heterocycles. The zero-order valence-corrected chi connectivity index (χ0v) is 17.5. The summed E-state index contributed by atoms with van der Waals surface area (Å²) >= 11 is 0. The van der Waals surface area contributed by atoms with Crippen molar-refractivity contribution < 1.29 is 17.5 Å². The first-order chi connectivity index (χ1) is 15.0. The zero-order valence-electron chi connectivity index (χ0n) is 16.7. The van der Waals surface area contributed by atoms with Crippen LogP contribution in [0, 0.1) is 5.82 Å². The van der Waals surface area contributed by atoms with E-state index >= 15 is 0 Å². The zero-order chi connectivity index (χ0) is 21.8. The molecular formula is C23H20FN3O3S. The first kappa shape index (κ1) is 20.6. The highest BCUT2D eigenvalue weighted by atomic mass is 32.2. The molecule has 0 radical (unpaired) electrons. The van der Waals surface area contributed by atoms with Crippen LogP contribution in [0.5, 0.6) is 5.75 Å². The minimum atomic E-state index is -3.87. The Bertz CT molecular complexity index is 1290. The van der Waals surface area contributed by atoms with Gasteiger partial charge in [-0.25, -0.2) is 12.8 Å². The van der Waals surface area contributed by atoms with Gasteiger partial charge in [-0.1, -0.05) is 54.6 Å². The normalized spacial score (nSPS) is 11.3. The van der Waals surface area contributed by atoms with Crippen LogP contribution in [0.1, 0.15) is 5.56 Å². The van der Waals surface area contributed by atoms with E-state index in [1.165, 1.54) is 31.4 Å². The highest BCUT2D eigenvalue weighted by molar-refractivity contribution is 7.92. The third-order valence-corrected chi connectivity index (χ3v) is 6.05. The van der Waals surface area contributed by atoms with Gasteiger partial charge in [-0.05, 0) is 35.4 Å². The van der Waals surface area contributed by atoms with Crippen LogP contribution in [0.4, 0.5) is 10.2 Å². The smallest absolute Gasteiger partial charge is 0.263 e. The van der Waals surface area contributed by atoms with Gasteiger partial charge in [0.1, 0.15) is 0 Å². The van der Waals surface area contributed by atoms with Crippen LogP contribution in [-0.2, 0) is 16.6 Å². The van der Waals surface area contributed by atoms with Gasteiger partial charge in [-0.2, -0.15) is 5.10 Å². The molecule has 6 nitrogen and oxygen atoms in total. The second kappa shape index (κ2) is 8.61. The molecule has 0 aliphatic carbocycles. The number of hydrogen-bond donors (Lipinski definition) is 1. The van der Waals surface area contributed by atoms with Gasteiger partial charge in [-0.15, -0.1) is 0 Å². The highest BCUT2D eigenvalue weighted by Crippen LogP contribution is 2.32. The van der Waals surface area contributed by atoms with Crippen molar-refractivity contribution in [2.75, 3.05) is 11.8 Å². The van der Waals surface area contributed by atoms with Crippen molar-refractivity contribution in [1.82, 2.24) is 9.78 Å². The van der Waals surface area contributed by atoms with Crippen LogP contribution < -0.4 is 9.46 Å². The number of halogens is 1. The third-order valence-electron chi connectivity index (χ3n) is 4.70. The van der Waals surface area contributed by atoms with Crippen molar-refractivity contribution in [3.63, 3.8) is 0 Å². The Kier molecular flexibility index (Phi) is 5.73. The molecule has 0 spiro atoms. The van der Waals surface area contributed by atoms with Gasteiger partial charge in [0.05, 0.1) is 18.6 Å². The fourth-order valence-electron chi connectivity index (χ4n) is 3.18. The monoisotopic (exact) mass is 437 g/mol. The number of methoxy groups -OCH3 is 1. The minimum absolute atomic E-state index is 0.104. The van der Waals surface area contributed by atoms with Crippen molar-refractivity contribution in [2.45, 2.75) is 11.4 Å². The number of nitrogens with zero attached hydrogens (tertiary/aromatic N) is 2. The molecule has 4 aromatic rings. The lowest BCUT2D eigenvalue weighted by Crippen LogP contribution is -2.14. The number of sulfonamides is 1. The number of anilines is 1.